The molecule has 0 bridgehead atoms. The summed E-state index contributed by atoms with van der Waals surface area (Å²) in [6, 6.07) is 5.66. The number of unbranched alkanes of at least 4 members (excludes halogenated alkanes) is 3. The van der Waals surface area contributed by atoms with Crippen molar-refractivity contribution in [2.24, 2.45) is 0 Å². The third-order valence-electron chi connectivity index (χ3n) is 5.44. The minimum Gasteiger partial charge on any atom is -0.298 e. The van der Waals surface area contributed by atoms with E-state index < -0.39 is 11.7 Å². The second-order valence-electron chi connectivity index (χ2n) is 7.74. The zero-order valence-corrected chi connectivity index (χ0v) is 19.4. The predicted molar refractivity (Wildman–Crippen MR) is 123 cm³/mol. The van der Waals surface area contributed by atoms with E-state index in [1.807, 2.05) is 16.9 Å². The molecule has 0 unspecified atom stereocenters. The normalized spacial score (nSPS) is 12.2. The molecule has 1 aromatic carbocycles. The number of fused-ring (bicyclic) bond motifs is 1. The van der Waals surface area contributed by atoms with Crippen molar-refractivity contribution >= 4 is 22.7 Å². The van der Waals surface area contributed by atoms with Gasteiger partial charge < -0.3 is 0 Å². The fourth-order valence-corrected chi connectivity index (χ4v) is 4.59. The number of halogens is 3. The SMILES string of the molecule is CCN(CC)Cc1cn(CCCCCCSc2ccnc3cc(C(F)(F)F)ccc23)nn1. The Labute approximate surface area is 191 Å². The van der Waals surface area contributed by atoms with E-state index in [4.69, 9.17) is 0 Å². The molecule has 0 saturated heterocycles. The summed E-state index contributed by atoms with van der Waals surface area (Å²) >= 11 is 1.68. The molecule has 32 heavy (non-hydrogen) atoms. The van der Waals surface area contributed by atoms with Crippen LogP contribution in [0.4, 0.5) is 13.2 Å². The molecule has 5 nitrogen and oxygen atoms in total. The summed E-state index contributed by atoms with van der Waals surface area (Å²) in [6.45, 7) is 8.01. The molecular weight excluding hydrogens is 435 g/mol. The quantitative estimate of drug-likeness (QED) is 0.241. The lowest BCUT2D eigenvalue weighted by Gasteiger charge is -2.15. The molecule has 0 fully saturated rings. The average Bonchev–Trinajstić information content (AvgIpc) is 3.23. The number of thioether (sulfide) groups is 1. The van der Waals surface area contributed by atoms with E-state index in [0.29, 0.717) is 5.52 Å². The van der Waals surface area contributed by atoms with Gasteiger partial charge >= 0.3 is 6.18 Å². The van der Waals surface area contributed by atoms with Gasteiger partial charge in [-0.05, 0) is 49.9 Å². The fourth-order valence-electron chi connectivity index (χ4n) is 3.53. The Morgan fingerprint density at radius 3 is 2.56 bits per heavy atom. The summed E-state index contributed by atoms with van der Waals surface area (Å²) in [4.78, 5) is 7.40. The van der Waals surface area contributed by atoms with E-state index >= 15 is 0 Å². The number of rotatable bonds is 12. The first-order valence-corrected chi connectivity index (χ1v) is 12.1. The summed E-state index contributed by atoms with van der Waals surface area (Å²) in [5.74, 6) is 0.928. The van der Waals surface area contributed by atoms with Crippen LogP contribution >= 0.6 is 11.8 Å². The Morgan fingerprint density at radius 1 is 1.03 bits per heavy atom. The van der Waals surface area contributed by atoms with Gasteiger partial charge in [0.05, 0.1) is 16.8 Å². The molecule has 0 spiro atoms. The molecule has 0 aliphatic heterocycles. The minimum atomic E-state index is -4.35. The highest BCUT2D eigenvalue weighted by Crippen LogP contribution is 2.33. The highest BCUT2D eigenvalue weighted by molar-refractivity contribution is 7.99. The summed E-state index contributed by atoms with van der Waals surface area (Å²) in [7, 11) is 0. The number of aryl methyl sites for hydroxylation is 1. The van der Waals surface area contributed by atoms with E-state index in [-0.39, 0.29) is 0 Å². The van der Waals surface area contributed by atoms with Crippen LogP contribution in [0.5, 0.6) is 0 Å². The van der Waals surface area contributed by atoms with E-state index in [2.05, 4.69) is 34.0 Å². The molecule has 2 aromatic heterocycles. The third kappa shape index (κ3) is 6.93. The maximum atomic E-state index is 12.9. The first-order chi connectivity index (χ1) is 15.4. The van der Waals surface area contributed by atoms with Gasteiger partial charge in [-0.15, -0.1) is 16.9 Å². The topological polar surface area (TPSA) is 46.8 Å². The summed E-state index contributed by atoms with van der Waals surface area (Å²) in [6.07, 6.45) is 3.59. The van der Waals surface area contributed by atoms with Crippen molar-refractivity contribution in [3.05, 3.63) is 47.9 Å². The van der Waals surface area contributed by atoms with Crippen LogP contribution in [0.1, 0.15) is 50.8 Å². The van der Waals surface area contributed by atoms with Crippen molar-refractivity contribution < 1.29 is 13.2 Å². The van der Waals surface area contributed by atoms with Gasteiger partial charge in [-0.25, -0.2) is 0 Å². The second kappa shape index (κ2) is 11.7. The molecule has 0 amide bonds. The molecular formula is C23H30F3N5S. The summed E-state index contributed by atoms with van der Waals surface area (Å²) < 4.78 is 40.7. The van der Waals surface area contributed by atoms with Gasteiger partial charge in [-0.2, -0.15) is 13.2 Å². The molecule has 0 N–H and O–H groups in total. The lowest BCUT2D eigenvalue weighted by Crippen LogP contribution is -2.22. The first kappa shape index (κ1) is 24.5. The van der Waals surface area contributed by atoms with Crippen LogP contribution in [-0.2, 0) is 19.3 Å². The molecule has 2 heterocycles. The number of pyridine rings is 1. The maximum Gasteiger partial charge on any atom is 0.416 e. The monoisotopic (exact) mass is 465 g/mol. The first-order valence-electron chi connectivity index (χ1n) is 11.1. The minimum absolute atomic E-state index is 0.387. The Hall–Kier alpha value is -2.13. The number of benzene rings is 1. The molecule has 0 radical (unpaired) electrons. The van der Waals surface area contributed by atoms with Gasteiger partial charge in [0, 0.05) is 35.8 Å². The number of hydrogen-bond donors (Lipinski definition) is 0. The van der Waals surface area contributed by atoms with Crippen LogP contribution in [0.2, 0.25) is 0 Å². The van der Waals surface area contributed by atoms with Crippen LogP contribution in [0.15, 0.2) is 41.6 Å². The van der Waals surface area contributed by atoms with Crippen molar-refractivity contribution in [1.29, 1.82) is 0 Å². The summed E-state index contributed by atoms with van der Waals surface area (Å²) in [5.41, 5.74) is 0.738. The molecule has 174 valence electrons. The van der Waals surface area contributed by atoms with Gasteiger partial charge in [0.25, 0.3) is 0 Å². The average molecular weight is 466 g/mol. The molecule has 0 aliphatic carbocycles. The molecule has 0 aliphatic rings. The van der Waals surface area contributed by atoms with Gasteiger partial charge in [0.2, 0.25) is 0 Å². The van der Waals surface area contributed by atoms with Crippen LogP contribution in [0, 0.1) is 0 Å². The highest BCUT2D eigenvalue weighted by Gasteiger charge is 2.30. The third-order valence-corrected chi connectivity index (χ3v) is 6.60. The zero-order chi connectivity index (χ0) is 23.0. The largest absolute Gasteiger partial charge is 0.416 e. The smallest absolute Gasteiger partial charge is 0.298 e. The predicted octanol–water partition coefficient (Wildman–Crippen LogP) is 6.04. The van der Waals surface area contributed by atoms with Gasteiger partial charge in [0.1, 0.15) is 0 Å². The molecule has 0 atom stereocenters. The molecule has 3 aromatic rings. The summed E-state index contributed by atoms with van der Waals surface area (Å²) in [5, 5.41) is 9.25. The van der Waals surface area contributed by atoms with Crippen LogP contribution in [-0.4, -0.2) is 43.7 Å². The standard InChI is InChI=1S/C23H30F3N5S/c1-3-30(4-2)16-19-17-31(29-28-19)13-7-5-6-8-14-32-22-11-12-27-21-15-18(23(24,25)26)9-10-20(21)22/h9-12,15,17H,3-8,13-14,16H2,1-2H3. The fraction of sp³-hybridized carbons (Fsp3) is 0.522. The molecule has 0 saturated carbocycles. The zero-order valence-electron chi connectivity index (χ0n) is 18.6. The second-order valence-corrected chi connectivity index (χ2v) is 8.87. The Balaban J connectivity index is 1.38. The number of nitrogens with zero attached hydrogens (tertiary/aromatic N) is 5. The van der Waals surface area contributed by atoms with Crippen molar-refractivity contribution in [3.63, 3.8) is 0 Å². The van der Waals surface area contributed by atoms with Crippen molar-refractivity contribution in [1.82, 2.24) is 24.9 Å². The van der Waals surface area contributed by atoms with Crippen molar-refractivity contribution in [3.8, 4) is 0 Å². The van der Waals surface area contributed by atoms with Gasteiger partial charge in [-0.1, -0.05) is 38.0 Å². The van der Waals surface area contributed by atoms with Crippen LogP contribution in [0.3, 0.4) is 0 Å². The van der Waals surface area contributed by atoms with Crippen LogP contribution < -0.4 is 0 Å². The lowest BCUT2D eigenvalue weighted by atomic mass is 10.1. The van der Waals surface area contributed by atoms with Crippen molar-refractivity contribution in [2.75, 3.05) is 18.8 Å². The van der Waals surface area contributed by atoms with E-state index in [1.165, 1.54) is 6.07 Å². The van der Waals surface area contributed by atoms with E-state index in [9.17, 15) is 13.2 Å². The van der Waals surface area contributed by atoms with E-state index in [1.54, 1.807) is 18.0 Å². The number of aromatic nitrogens is 4. The highest BCUT2D eigenvalue weighted by atomic mass is 32.2. The number of alkyl halides is 3. The maximum absolute atomic E-state index is 12.9. The molecule has 3 rings (SSSR count). The van der Waals surface area contributed by atoms with Gasteiger partial charge in [-0.3, -0.25) is 14.6 Å². The van der Waals surface area contributed by atoms with Crippen molar-refractivity contribution in [2.45, 2.75) is 63.7 Å². The lowest BCUT2D eigenvalue weighted by molar-refractivity contribution is -0.137. The Morgan fingerprint density at radius 2 is 1.81 bits per heavy atom. The Bertz CT molecular complexity index is 985. The van der Waals surface area contributed by atoms with Crippen LogP contribution in [0.25, 0.3) is 10.9 Å². The number of hydrogen-bond acceptors (Lipinski definition) is 5. The molecule has 9 heteroatoms. The van der Waals surface area contributed by atoms with E-state index in [0.717, 1.165) is 85.7 Å². The van der Waals surface area contributed by atoms with Gasteiger partial charge in [0.15, 0.2) is 0 Å². The Kier molecular flexibility index (Phi) is 8.92.